The number of nitrogens with zero attached hydrogens (tertiary/aromatic N) is 2. The van der Waals surface area contributed by atoms with Crippen molar-refractivity contribution in [3.05, 3.63) is 63.6 Å². The lowest BCUT2D eigenvalue weighted by atomic mass is 9.96. The quantitative estimate of drug-likeness (QED) is 0.634. The second-order valence-electron chi connectivity index (χ2n) is 7.89. The van der Waals surface area contributed by atoms with Crippen LogP contribution >= 0.6 is 23.2 Å². The van der Waals surface area contributed by atoms with Crippen molar-refractivity contribution in [1.29, 1.82) is 0 Å². The number of benzene rings is 2. The molecule has 2 aromatic rings. The molecule has 2 aromatic carbocycles. The second-order valence-corrected chi connectivity index (χ2v) is 10.6. The summed E-state index contributed by atoms with van der Waals surface area (Å²) >= 11 is 12.1. The Morgan fingerprint density at radius 2 is 1.69 bits per heavy atom. The minimum atomic E-state index is -3.96. The summed E-state index contributed by atoms with van der Waals surface area (Å²) in [6, 6.07) is 11.3. The van der Waals surface area contributed by atoms with Crippen molar-refractivity contribution in [3.63, 3.8) is 0 Å². The van der Waals surface area contributed by atoms with Crippen LogP contribution in [0.4, 0.5) is 0 Å². The predicted octanol–water partition coefficient (Wildman–Crippen LogP) is 3.22. The molecule has 1 heterocycles. The molecular formula is C22H25Cl2N3O4S. The van der Waals surface area contributed by atoms with Crippen molar-refractivity contribution in [2.75, 3.05) is 19.6 Å². The molecule has 0 bridgehead atoms. The number of primary amides is 1. The van der Waals surface area contributed by atoms with Crippen LogP contribution < -0.4 is 5.73 Å². The lowest BCUT2D eigenvalue weighted by Gasteiger charge is -2.32. The van der Waals surface area contributed by atoms with E-state index in [1.165, 1.54) is 12.1 Å². The molecule has 2 amide bonds. The van der Waals surface area contributed by atoms with E-state index in [1.807, 2.05) is 6.92 Å². The number of halogens is 2. The molecule has 1 fully saturated rings. The molecule has 0 unspecified atom stereocenters. The third-order valence-electron chi connectivity index (χ3n) is 5.56. The first kappa shape index (κ1) is 24.5. The van der Waals surface area contributed by atoms with Crippen LogP contribution in [0.2, 0.25) is 10.0 Å². The Morgan fingerprint density at radius 3 is 2.25 bits per heavy atom. The van der Waals surface area contributed by atoms with E-state index in [1.54, 1.807) is 35.2 Å². The van der Waals surface area contributed by atoms with Crippen molar-refractivity contribution >= 4 is 45.0 Å². The van der Waals surface area contributed by atoms with Crippen LogP contribution in [0, 0.1) is 12.8 Å². The topological polar surface area (TPSA) is 101 Å². The molecular weight excluding hydrogens is 473 g/mol. The van der Waals surface area contributed by atoms with Gasteiger partial charge >= 0.3 is 0 Å². The normalized spacial score (nSPS) is 15.2. The Kier molecular flexibility index (Phi) is 7.82. The number of piperidine rings is 1. The van der Waals surface area contributed by atoms with Gasteiger partial charge in [-0.25, -0.2) is 8.42 Å². The summed E-state index contributed by atoms with van der Waals surface area (Å²) in [5, 5.41) is 0.661. The predicted molar refractivity (Wildman–Crippen MR) is 124 cm³/mol. The van der Waals surface area contributed by atoms with Gasteiger partial charge in [-0.2, -0.15) is 4.31 Å². The van der Waals surface area contributed by atoms with Gasteiger partial charge in [0.25, 0.3) is 0 Å². The molecule has 0 aromatic heterocycles. The van der Waals surface area contributed by atoms with Gasteiger partial charge in [-0.1, -0.05) is 47.0 Å². The number of aryl methyl sites for hydroxylation is 1. The highest BCUT2D eigenvalue weighted by Gasteiger charge is 2.31. The number of likely N-dealkylation sites (tertiary alicyclic amines) is 1. The minimum Gasteiger partial charge on any atom is -0.369 e. The molecule has 0 radical (unpaired) electrons. The summed E-state index contributed by atoms with van der Waals surface area (Å²) in [4.78, 5) is 26.0. The van der Waals surface area contributed by atoms with Crippen LogP contribution in [0.15, 0.2) is 47.4 Å². The van der Waals surface area contributed by atoms with E-state index in [2.05, 4.69) is 0 Å². The standard InChI is InChI=1S/C22H25Cl2N3O4S/c1-15-2-5-18(6-3-15)32(30,31)27(13-16-4-7-19(23)20(24)12-16)14-21(28)26-10-8-17(9-11-26)22(25)29/h2-7,12,17H,8-11,13-14H2,1H3,(H2,25,29). The zero-order valence-corrected chi connectivity index (χ0v) is 20.0. The first-order valence-corrected chi connectivity index (χ1v) is 12.4. The summed E-state index contributed by atoms with van der Waals surface area (Å²) in [5.41, 5.74) is 6.89. The smallest absolute Gasteiger partial charge is 0.243 e. The highest BCUT2D eigenvalue weighted by molar-refractivity contribution is 7.89. The Labute approximate surface area is 198 Å². The highest BCUT2D eigenvalue weighted by atomic mass is 35.5. The van der Waals surface area contributed by atoms with E-state index in [0.29, 0.717) is 41.5 Å². The van der Waals surface area contributed by atoms with E-state index >= 15 is 0 Å². The van der Waals surface area contributed by atoms with E-state index in [4.69, 9.17) is 28.9 Å². The van der Waals surface area contributed by atoms with Crippen molar-refractivity contribution in [2.24, 2.45) is 11.7 Å². The van der Waals surface area contributed by atoms with Crippen LogP contribution in [0.3, 0.4) is 0 Å². The van der Waals surface area contributed by atoms with Crippen LogP contribution in [-0.4, -0.2) is 49.1 Å². The summed E-state index contributed by atoms with van der Waals surface area (Å²) in [6.45, 7) is 2.20. The first-order chi connectivity index (χ1) is 15.1. The molecule has 10 heteroatoms. The monoisotopic (exact) mass is 497 g/mol. The summed E-state index contributed by atoms with van der Waals surface area (Å²) in [7, 11) is -3.96. The average molecular weight is 498 g/mol. The fourth-order valence-electron chi connectivity index (χ4n) is 3.59. The van der Waals surface area contributed by atoms with Gasteiger partial charge in [-0.3, -0.25) is 9.59 Å². The number of sulfonamides is 1. The number of hydrogen-bond acceptors (Lipinski definition) is 4. The van der Waals surface area contributed by atoms with Crippen LogP contribution in [-0.2, 0) is 26.2 Å². The van der Waals surface area contributed by atoms with E-state index in [-0.39, 0.29) is 35.7 Å². The molecule has 1 aliphatic heterocycles. The SMILES string of the molecule is Cc1ccc(S(=O)(=O)N(CC(=O)N2CCC(C(N)=O)CC2)Cc2ccc(Cl)c(Cl)c2)cc1. The summed E-state index contributed by atoms with van der Waals surface area (Å²) in [5.74, 6) is -0.966. The van der Waals surface area contributed by atoms with Gasteiger partial charge in [0.2, 0.25) is 21.8 Å². The summed E-state index contributed by atoms with van der Waals surface area (Å²) in [6.07, 6.45) is 0.942. The molecule has 1 saturated heterocycles. The van der Waals surface area contributed by atoms with Gasteiger partial charge < -0.3 is 10.6 Å². The lowest BCUT2D eigenvalue weighted by molar-refractivity contribution is -0.135. The van der Waals surface area contributed by atoms with Gasteiger partial charge in [0.15, 0.2) is 0 Å². The molecule has 2 N–H and O–H groups in total. The van der Waals surface area contributed by atoms with Gasteiger partial charge in [-0.05, 0) is 49.6 Å². The van der Waals surface area contributed by atoms with Crippen molar-refractivity contribution in [2.45, 2.75) is 31.2 Å². The minimum absolute atomic E-state index is 0.0451. The molecule has 0 saturated carbocycles. The molecule has 3 rings (SSSR count). The van der Waals surface area contributed by atoms with Crippen LogP contribution in [0.5, 0.6) is 0 Å². The number of amides is 2. The third kappa shape index (κ3) is 5.81. The van der Waals surface area contributed by atoms with Gasteiger partial charge in [0.1, 0.15) is 0 Å². The first-order valence-electron chi connectivity index (χ1n) is 10.2. The van der Waals surface area contributed by atoms with Gasteiger partial charge in [0, 0.05) is 25.6 Å². The number of nitrogens with two attached hydrogens (primary N) is 1. The number of carbonyl (C=O) groups excluding carboxylic acids is 2. The zero-order chi connectivity index (χ0) is 23.5. The largest absolute Gasteiger partial charge is 0.369 e. The fraction of sp³-hybridized carbons (Fsp3) is 0.364. The fourth-order valence-corrected chi connectivity index (χ4v) is 5.29. The van der Waals surface area contributed by atoms with Crippen molar-refractivity contribution in [3.8, 4) is 0 Å². The molecule has 1 aliphatic rings. The van der Waals surface area contributed by atoms with Gasteiger partial charge in [0.05, 0.1) is 21.5 Å². The van der Waals surface area contributed by atoms with E-state index in [0.717, 1.165) is 9.87 Å². The molecule has 172 valence electrons. The molecule has 0 atom stereocenters. The lowest BCUT2D eigenvalue weighted by Crippen LogP contribution is -2.46. The van der Waals surface area contributed by atoms with Crippen molar-refractivity contribution < 1.29 is 18.0 Å². The maximum Gasteiger partial charge on any atom is 0.243 e. The molecule has 32 heavy (non-hydrogen) atoms. The second kappa shape index (κ2) is 10.2. The maximum absolute atomic E-state index is 13.4. The summed E-state index contributed by atoms with van der Waals surface area (Å²) < 4.78 is 27.9. The maximum atomic E-state index is 13.4. The van der Waals surface area contributed by atoms with Gasteiger partial charge in [-0.15, -0.1) is 0 Å². The third-order valence-corrected chi connectivity index (χ3v) is 8.11. The molecule has 7 nitrogen and oxygen atoms in total. The van der Waals surface area contributed by atoms with Crippen molar-refractivity contribution in [1.82, 2.24) is 9.21 Å². The number of rotatable bonds is 7. The Morgan fingerprint density at radius 1 is 1.06 bits per heavy atom. The Bertz CT molecular complexity index is 1100. The van der Waals surface area contributed by atoms with Crippen LogP contribution in [0.1, 0.15) is 24.0 Å². The molecule has 0 spiro atoms. The number of carbonyl (C=O) groups is 2. The molecule has 0 aliphatic carbocycles. The van der Waals surface area contributed by atoms with E-state index in [9.17, 15) is 18.0 Å². The highest BCUT2D eigenvalue weighted by Crippen LogP contribution is 2.26. The zero-order valence-electron chi connectivity index (χ0n) is 17.6. The average Bonchev–Trinajstić information content (AvgIpc) is 2.76. The number of hydrogen-bond donors (Lipinski definition) is 1. The van der Waals surface area contributed by atoms with E-state index < -0.39 is 10.0 Å². The Hall–Kier alpha value is -2.13. The Balaban J connectivity index is 1.84. The van der Waals surface area contributed by atoms with Crippen LogP contribution in [0.25, 0.3) is 0 Å².